The Morgan fingerprint density at radius 3 is 3.18 bits per heavy atom. The maximum Gasteiger partial charge on any atom is 0.230 e. The second-order valence-electron chi connectivity index (χ2n) is 2.35. The molecule has 3 nitrogen and oxygen atoms in total. The fourth-order valence-electron chi connectivity index (χ4n) is 1.07. The van der Waals surface area contributed by atoms with Gasteiger partial charge in [0, 0.05) is 0 Å². The highest BCUT2D eigenvalue weighted by molar-refractivity contribution is 5.98. The molecule has 0 atom stereocenters. The van der Waals surface area contributed by atoms with E-state index in [9.17, 15) is 9.18 Å². The number of carbonyl (C=O) groups is 1. The number of anilines is 1. The van der Waals surface area contributed by atoms with Gasteiger partial charge in [-0.3, -0.25) is 4.79 Å². The summed E-state index contributed by atoms with van der Waals surface area (Å²) in [5.41, 5.74) is 1.12. The van der Waals surface area contributed by atoms with Gasteiger partial charge in [0.2, 0.25) is 11.9 Å². The summed E-state index contributed by atoms with van der Waals surface area (Å²) in [4.78, 5) is 14.3. The Morgan fingerprint density at radius 1 is 1.55 bits per heavy atom. The Bertz CT molecular complexity index is 324. The zero-order valence-electron chi connectivity index (χ0n) is 5.60. The molecule has 1 aliphatic heterocycles. The summed E-state index contributed by atoms with van der Waals surface area (Å²) in [5.74, 6) is -0.668. The van der Waals surface area contributed by atoms with Crippen molar-refractivity contribution < 1.29 is 9.18 Å². The molecule has 0 unspecified atom stereocenters. The molecule has 1 amide bonds. The van der Waals surface area contributed by atoms with Crippen LogP contribution in [0.25, 0.3) is 0 Å². The Morgan fingerprint density at radius 2 is 2.36 bits per heavy atom. The molecule has 4 heteroatoms. The minimum absolute atomic E-state index is 0.127. The van der Waals surface area contributed by atoms with Gasteiger partial charge in [-0.25, -0.2) is 4.98 Å². The van der Waals surface area contributed by atoms with Crippen molar-refractivity contribution in [1.29, 1.82) is 0 Å². The highest BCUT2D eigenvalue weighted by atomic mass is 19.1. The van der Waals surface area contributed by atoms with Crippen molar-refractivity contribution in [2.75, 3.05) is 5.32 Å². The van der Waals surface area contributed by atoms with E-state index >= 15 is 0 Å². The second-order valence-corrected chi connectivity index (χ2v) is 2.35. The molecule has 1 aromatic heterocycles. The Balaban J connectivity index is 2.51. The molecule has 2 rings (SSSR count). The van der Waals surface area contributed by atoms with Crippen LogP contribution in [-0.4, -0.2) is 10.9 Å². The Kier molecular flexibility index (Phi) is 1.15. The number of rotatable bonds is 0. The molecule has 0 saturated carbocycles. The van der Waals surface area contributed by atoms with Crippen LogP contribution < -0.4 is 5.32 Å². The molecule has 2 heterocycles. The summed E-state index contributed by atoms with van der Waals surface area (Å²) in [6, 6.07) is 2.74. The van der Waals surface area contributed by atoms with E-state index in [1.54, 1.807) is 0 Å². The number of hydrogen-bond donors (Lipinski definition) is 1. The fraction of sp³-hybridized carbons (Fsp3) is 0.143. The molecule has 0 radical (unpaired) electrons. The normalized spacial score (nSPS) is 14.5. The average molecular weight is 152 g/mol. The maximum absolute atomic E-state index is 12.4. The Hall–Kier alpha value is -1.45. The standard InChI is InChI=1S/C7H5FN2O/c8-6-2-1-4-5(9-6)3-7(11)10-4/h1-2H,3H2,(H,10,11). The van der Waals surface area contributed by atoms with E-state index in [-0.39, 0.29) is 12.3 Å². The summed E-state index contributed by atoms with van der Waals surface area (Å²) in [6.45, 7) is 0. The van der Waals surface area contributed by atoms with Gasteiger partial charge < -0.3 is 5.32 Å². The third-order valence-corrected chi connectivity index (χ3v) is 1.54. The molecule has 0 bridgehead atoms. The number of pyridine rings is 1. The molecule has 0 aliphatic carbocycles. The third kappa shape index (κ3) is 0.960. The smallest absolute Gasteiger partial charge is 0.230 e. The van der Waals surface area contributed by atoms with Gasteiger partial charge in [-0.05, 0) is 12.1 Å². The molecule has 1 aliphatic rings. The first-order chi connectivity index (χ1) is 5.25. The van der Waals surface area contributed by atoms with Crippen molar-refractivity contribution in [2.45, 2.75) is 6.42 Å². The van der Waals surface area contributed by atoms with Gasteiger partial charge in [0.15, 0.2) is 0 Å². The number of fused-ring (bicyclic) bond motifs is 1. The topological polar surface area (TPSA) is 42.0 Å². The maximum atomic E-state index is 12.4. The number of carbonyl (C=O) groups excluding carboxylic acids is 1. The van der Waals surface area contributed by atoms with Crippen LogP contribution >= 0.6 is 0 Å². The number of nitrogens with one attached hydrogen (secondary N) is 1. The van der Waals surface area contributed by atoms with E-state index in [4.69, 9.17) is 0 Å². The zero-order chi connectivity index (χ0) is 7.84. The molecule has 0 spiro atoms. The van der Waals surface area contributed by atoms with Crippen molar-refractivity contribution in [3.8, 4) is 0 Å². The molecule has 0 saturated heterocycles. The van der Waals surface area contributed by atoms with Crippen LogP contribution in [0.2, 0.25) is 0 Å². The minimum Gasteiger partial charge on any atom is -0.324 e. The van der Waals surface area contributed by atoms with Crippen LogP contribution in [0.5, 0.6) is 0 Å². The largest absolute Gasteiger partial charge is 0.324 e. The lowest BCUT2D eigenvalue weighted by Gasteiger charge is -1.94. The number of amides is 1. The SMILES string of the molecule is O=C1Cc2nc(F)ccc2N1. The van der Waals surface area contributed by atoms with Gasteiger partial charge >= 0.3 is 0 Å². The summed E-state index contributed by atoms with van der Waals surface area (Å²) in [5, 5.41) is 2.56. The van der Waals surface area contributed by atoms with Gasteiger partial charge in [0.05, 0.1) is 17.8 Å². The third-order valence-electron chi connectivity index (χ3n) is 1.54. The molecular formula is C7H5FN2O. The van der Waals surface area contributed by atoms with Crippen LogP contribution in [0.1, 0.15) is 5.69 Å². The minimum atomic E-state index is -0.541. The first-order valence-electron chi connectivity index (χ1n) is 3.21. The quantitative estimate of drug-likeness (QED) is 0.556. The van der Waals surface area contributed by atoms with E-state index in [2.05, 4.69) is 10.3 Å². The van der Waals surface area contributed by atoms with Crippen LogP contribution in [0.4, 0.5) is 10.1 Å². The van der Waals surface area contributed by atoms with Gasteiger partial charge in [0.25, 0.3) is 0 Å². The van der Waals surface area contributed by atoms with E-state index in [1.807, 2.05) is 0 Å². The first kappa shape index (κ1) is 6.27. The van der Waals surface area contributed by atoms with Crippen molar-refractivity contribution in [3.05, 3.63) is 23.8 Å². The van der Waals surface area contributed by atoms with Gasteiger partial charge in [0.1, 0.15) is 0 Å². The monoisotopic (exact) mass is 152 g/mol. The Labute approximate surface area is 62.3 Å². The van der Waals surface area contributed by atoms with Crippen LogP contribution in [0.15, 0.2) is 12.1 Å². The van der Waals surface area contributed by atoms with Gasteiger partial charge in [-0.2, -0.15) is 4.39 Å². The van der Waals surface area contributed by atoms with Crippen LogP contribution in [0.3, 0.4) is 0 Å². The summed E-state index contributed by atoms with van der Waals surface area (Å²) < 4.78 is 12.4. The fourth-order valence-corrected chi connectivity index (χ4v) is 1.07. The molecule has 11 heavy (non-hydrogen) atoms. The van der Waals surface area contributed by atoms with Gasteiger partial charge in [-0.15, -0.1) is 0 Å². The zero-order valence-corrected chi connectivity index (χ0v) is 5.60. The van der Waals surface area contributed by atoms with E-state index < -0.39 is 5.95 Å². The van der Waals surface area contributed by atoms with E-state index in [1.165, 1.54) is 12.1 Å². The summed E-state index contributed by atoms with van der Waals surface area (Å²) >= 11 is 0. The first-order valence-corrected chi connectivity index (χ1v) is 3.21. The predicted molar refractivity (Wildman–Crippen MR) is 36.5 cm³/mol. The molecule has 1 aromatic rings. The average Bonchev–Trinajstić information content (AvgIpc) is 2.27. The van der Waals surface area contributed by atoms with Crippen LogP contribution in [-0.2, 0) is 11.2 Å². The van der Waals surface area contributed by atoms with Crippen molar-refractivity contribution in [3.63, 3.8) is 0 Å². The van der Waals surface area contributed by atoms with E-state index in [0.717, 1.165) is 0 Å². The van der Waals surface area contributed by atoms with Crippen molar-refractivity contribution in [2.24, 2.45) is 0 Å². The molecule has 1 N–H and O–H groups in total. The summed E-state index contributed by atoms with van der Waals surface area (Å²) in [6.07, 6.45) is 0.188. The van der Waals surface area contributed by atoms with E-state index in [0.29, 0.717) is 11.4 Å². The molecule has 0 aromatic carbocycles. The summed E-state index contributed by atoms with van der Waals surface area (Å²) in [7, 11) is 0. The lowest BCUT2D eigenvalue weighted by Crippen LogP contribution is -2.03. The number of halogens is 1. The van der Waals surface area contributed by atoms with Crippen molar-refractivity contribution >= 4 is 11.6 Å². The molecule has 56 valence electrons. The molecule has 0 fully saturated rings. The number of nitrogens with zero attached hydrogens (tertiary/aromatic N) is 1. The van der Waals surface area contributed by atoms with Crippen LogP contribution in [0, 0.1) is 5.95 Å². The lowest BCUT2D eigenvalue weighted by molar-refractivity contribution is -0.115. The predicted octanol–water partition coefficient (Wildman–Crippen LogP) is 0.715. The highest BCUT2D eigenvalue weighted by Gasteiger charge is 2.18. The second kappa shape index (κ2) is 2.02. The highest BCUT2D eigenvalue weighted by Crippen LogP contribution is 2.19. The lowest BCUT2D eigenvalue weighted by atomic mass is 10.3. The number of aromatic nitrogens is 1. The van der Waals surface area contributed by atoms with Crippen molar-refractivity contribution in [1.82, 2.24) is 4.98 Å². The van der Waals surface area contributed by atoms with Gasteiger partial charge in [-0.1, -0.05) is 0 Å². The molecular weight excluding hydrogens is 147 g/mol. The number of hydrogen-bond acceptors (Lipinski definition) is 2.